The molecular formula is C28H27N7O4. The van der Waals surface area contributed by atoms with Crippen LogP contribution < -0.4 is 15.2 Å². The second-order valence-electron chi connectivity index (χ2n) is 9.37. The molecule has 5 rings (SSSR count). The van der Waals surface area contributed by atoms with Gasteiger partial charge in [-0.3, -0.25) is 14.8 Å². The van der Waals surface area contributed by atoms with Crippen LogP contribution in [-0.2, 0) is 6.54 Å². The smallest absolute Gasteiger partial charge is 0.312 e. The third-order valence-corrected chi connectivity index (χ3v) is 7.20. The van der Waals surface area contributed by atoms with Gasteiger partial charge in [0.2, 0.25) is 11.8 Å². The van der Waals surface area contributed by atoms with E-state index < -0.39 is 10.8 Å². The number of benzene rings is 2. The maximum atomic E-state index is 11.6. The van der Waals surface area contributed by atoms with Gasteiger partial charge in [0.05, 0.1) is 41.4 Å². The number of nitrogens with zero attached hydrogens (tertiary/aromatic N) is 6. The summed E-state index contributed by atoms with van der Waals surface area (Å²) in [7, 11) is 1.57. The highest BCUT2D eigenvalue weighted by atomic mass is 16.6. The normalized spacial score (nSPS) is 14.5. The molecule has 4 aromatic rings. The van der Waals surface area contributed by atoms with E-state index in [-0.39, 0.29) is 23.7 Å². The molecule has 1 aliphatic rings. The van der Waals surface area contributed by atoms with Crippen molar-refractivity contribution in [3.8, 4) is 23.4 Å². The van der Waals surface area contributed by atoms with E-state index in [9.17, 15) is 15.4 Å². The monoisotopic (exact) mass is 525 g/mol. The minimum Gasteiger partial charge on any atom is -0.496 e. The third kappa shape index (κ3) is 4.06. The molecule has 2 aromatic heterocycles. The van der Waals surface area contributed by atoms with Gasteiger partial charge in [0.1, 0.15) is 28.8 Å². The van der Waals surface area contributed by atoms with Gasteiger partial charge in [0.15, 0.2) is 0 Å². The fourth-order valence-corrected chi connectivity index (χ4v) is 5.28. The highest BCUT2D eigenvalue weighted by Crippen LogP contribution is 2.46. The Bertz CT molecular complexity index is 1690. The van der Waals surface area contributed by atoms with Crippen molar-refractivity contribution in [1.29, 1.82) is 5.26 Å². The zero-order valence-corrected chi connectivity index (χ0v) is 22.2. The van der Waals surface area contributed by atoms with Crippen LogP contribution in [0, 0.1) is 49.1 Å². The lowest BCUT2D eigenvalue weighted by molar-refractivity contribution is -0.386. The van der Waals surface area contributed by atoms with E-state index in [2.05, 4.69) is 11.2 Å². The van der Waals surface area contributed by atoms with Gasteiger partial charge in [-0.2, -0.15) is 15.5 Å². The number of aromatic nitrogens is 4. The summed E-state index contributed by atoms with van der Waals surface area (Å²) in [5.41, 5.74) is 12.1. The van der Waals surface area contributed by atoms with Crippen molar-refractivity contribution in [1.82, 2.24) is 19.6 Å². The van der Waals surface area contributed by atoms with Gasteiger partial charge < -0.3 is 15.2 Å². The van der Waals surface area contributed by atoms with Gasteiger partial charge in [-0.25, -0.2) is 4.68 Å². The molecule has 3 heterocycles. The molecule has 0 bridgehead atoms. The van der Waals surface area contributed by atoms with Crippen LogP contribution in [0.25, 0.3) is 5.69 Å². The second kappa shape index (κ2) is 9.64. The molecule has 1 aliphatic heterocycles. The highest BCUT2D eigenvalue weighted by molar-refractivity contribution is 5.60. The maximum Gasteiger partial charge on any atom is 0.312 e. The number of fused-ring (bicyclic) bond motifs is 1. The predicted molar refractivity (Wildman–Crippen MR) is 143 cm³/mol. The minimum atomic E-state index is -0.546. The van der Waals surface area contributed by atoms with Crippen molar-refractivity contribution in [2.24, 2.45) is 5.73 Å². The molecule has 0 radical (unpaired) electrons. The Labute approximate surface area is 224 Å². The molecule has 1 atom stereocenters. The lowest BCUT2D eigenvalue weighted by atomic mass is 9.81. The number of hydrogen-bond acceptors (Lipinski definition) is 8. The second-order valence-corrected chi connectivity index (χ2v) is 9.37. The molecule has 11 heteroatoms. The SMILES string of the molecule is COc1ccc([C@H]2C(C#N)=C(N)Oc3c2c(C)nn3-c2ccccc2)c(C)c1Cn1nc(C)c([N+](=O)[O-])c1C. The Morgan fingerprint density at radius 2 is 1.85 bits per heavy atom. The number of nitriles is 1. The van der Waals surface area contributed by atoms with Gasteiger partial charge in [0, 0.05) is 5.56 Å². The molecular weight excluding hydrogens is 498 g/mol. The first kappa shape index (κ1) is 25.5. The number of nitrogens with two attached hydrogens (primary N) is 1. The number of nitro groups is 1. The number of rotatable bonds is 6. The maximum absolute atomic E-state index is 11.6. The van der Waals surface area contributed by atoms with E-state index in [0.717, 1.165) is 27.9 Å². The summed E-state index contributed by atoms with van der Waals surface area (Å²) in [4.78, 5) is 11.2. The minimum absolute atomic E-state index is 0.0109. The third-order valence-electron chi connectivity index (χ3n) is 7.20. The van der Waals surface area contributed by atoms with Crippen LogP contribution in [0.5, 0.6) is 11.6 Å². The van der Waals surface area contributed by atoms with Crippen molar-refractivity contribution >= 4 is 5.69 Å². The molecule has 11 nitrogen and oxygen atoms in total. The van der Waals surface area contributed by atoms with E-state index >= 15 is 0 Å². The topological polar surface area (TPSA) is 147 Å². The number of hydrogen-bond donors (Lipinski definition) is 1. The standard InChI is InChI=1S/C28H27N7O4/c1-15-20(11-12-23(38-5)22(15)14-33-18(4)26(35(36)37)17(3)31-33)25-21(13-29)27(30)39-28-24(25)16(2)32-34(28)19-9-7-6-8-10-19/h6-12,25H,14,30H2,1-5H3/t25-/m0/s1. The molecule has 0 saturated carbocycles. The van der Waals surface area contributed by atoms with Gasteiger partial charge in [-0.1, -0.05) is 24.3 Å². The van der Waals surface area contributed by atoms with Crippen LogP contribution >= 0.6 is 0 Å². The van der Waals surface area contributed by atoms with Crippen LogP contribution in [0.15, 0.2) is 53.9 Å². The number of allylic oxidation sites excluding steroid dienone is 1. The molecule has 39 heavy (non-hydrogen) atoms. The average molecular weight is 526 g/mol. The van der Waals surface area contributed by atoms with Crippen LogP contribution in [-0.4, -0.2) is 31.6 Å². The largest absolute Gasteiger partial charge is 0.496 e. The van der Waals surface area contributed by atoms with E-state index in [4.69, 9.17) is 20.3 Å². The molecule has 0 spiro atoms. The van der Waals surface area contributed by atoms with Gasteiger partial charge in [-0.05, 0) is 57.0 Å². The van der Waals surface area contributed by atoms with Crippen molar-refractivity contribution in [2.75, 3.05) is 7.11 Å². The summed E-state index contributed by atoms with van der Waals surface area (Å²) in [5, 5.41) is 30.9. The van der Waals surface area contributed by atoms with E-state index in [1.807, 2.05) is 56.3 Å². The van der Waals surface area contributed by atoms with Crippen LogP contribution in [0.2, 0.25) is 0 Å². The van der Waals surface area contributed by atoms with E-state index in [1.165, 1.54) is 0 Å². The Morgan fingerprint density at radius 3 is 2.46 bits per heavy atom. The van der Waals surface area contributed by atoms with E-state index in [0.29, 0.717) is 28.7 Å². The Balaban J connectivity index is 1.70. The molecule has 0 saturated heterocycles. The average Bonchev–Trinajstić information content (AvgIpc) is 3.39. The summed E-state index contributed by atoms with van der Waals surface area (Å²) in [5.74, 6) is 0.519. The molecule has 0 amide bonds. The zero-order valence-electron chi connectivity index (χ0n) is 22.2. The first-order valence-electron chi connectivity index (χ1n) is 12.2. The number of methoxy groups -OCH3 is 1. The summed E-state index contributed by atoms with van der Waals surface area (Å²) in [6, 6.07) is 15.5. The Kier molecular flexibility index (Phi) is 6.32. The van der Waals surface area contributed by atoms with Crippen molar-refractivity contribution in [2.45, 2.75) is 40.2 Å². The number of para-hydroxylation sites is 1. The van der Waals surface area contributed by atoms with Crippen molar-refractivity contribution in [3.63, 3.8) is 0 Å². The summed E-state index contributed by atoms with van der Waals surface area (Å²) in [6.45, 7) is 7.34. The zero-order chi connectivity index (χ0) is 28.0. The summed E-state index contributed by atoms with van der Waals surface area (Å²) < 4.78 is 15.0. The van der Waals surface area contributed by atoms with Gasteiger partial charge in [-0.15, -0.1) is 0 Å². The lowest BCUT2D eigenvalue weighted by Gasteiger charge is -2.27. The summed E-state index contributed by atoms with van der Waals surface area (Å²) >= 11 is 0. The van der Waals surface area contributed by atoms with Crippen molar-refractivity contribution < 1.29 is 14.4 Å². The highest BCUT2D eigenvalue weighted by Gasteiger charge is 2.37. The number of ether oxygens (including phenoxy) is 2. The molecule has 2 N–H and O–H groups in total. The lowest BCUT2D eigenvalue weighted by Crippen LogP contribution is -2.23. The van der Waals surface area contributed by atoms with Gasteiger partial charge >= 0.3 is 5.69 Å². The van der Waals surface area contributed by atoms with E-state index in [1.54, 1.807) is 30.3 Å². The first-order valence-corrected chi connectivity index (χ1v) is 12.2. The predicted octanol–water partition coefficient (Wildman–Crippen LogP) is 4.49. The van der Waals surface area contributed by atoms with Crippen molar-refractivity contribution in [3.05, 3.63) is 103 Å². The molecule has 0 aliphatic carbocycles. The molecule has 0 fully saturated rings. The molecule has 198 valence electrons. The number of aryl methyl sites for hydroxylation is 2. The molecule has 0 unspecified atom stereocenters. The van der Waals surface area contributed by atoms with Crippen LogP contribution in [0.3, 0.4) is 0 Å². The fourth-order valence-electron chi connectivity index (χ4n) is 5.28. The van der Waals surface area contributed by atoms with Crippen LogP contribution in [0.4, 0.5) is 5.69 Å². The van der Waals surface area contributed by atoms with Crippen LogP contribution in [0.1, 0.15) is 45.3 Å². The Hall–Kier alpha value is -5.11. The molecule has 2 aromatic carbocycles. The fraction of sp³-hybridized carbons (Fsp3) is 0.250. The summed E-state index contributed by atoms with van der Waals surface area (Å²) in [6.07, 6.45) is 0. The quantitative estimate of drug-likeness (QED) is 0.286. The van der Waals surface area contributed by atoms with Gasteiger partial charge in [0.25, 0.3) is 0 Å². The Morgan fingerprint density at radius 1 is 1.13 bits per heavy atom. The first-order chi connectivity index (χ1) is 18.7.